The van der Waals surface area contributed by atoms with Gasteiger partial charge in [-0.3, -0.25) is 14.2 Å². The molecule has 0 radical (unpaired) electrons. The number of phosphoric acid groups is 1. The van der Waals surface area contributed by atoms with E-state index in [2.05, 4.69) is 135 Å². The molecule has 75 heavy (non-hydrogen) atoms. The lowest BCUT2D eigenvalue weighted by molar-refractivity contribution is -0.870. The SMILES string of the molecule is CC/C=C\C/C=C\C/C=C\C/C=C\C/C=C\CCCCCC(=O)NC(COP(=O)([O-])OCC[N+](C)(C)C)C(/C=C/CCCCCCCCCCC)OC(=O)CCCCC/C=C\C/C=C\C/C=C\C/C=C\CCCCC. The second-order valence-electron chi connectivity index (χ2n) is 20.8. The number of quaternary nitrogens is 1. The van der Waals surface area contributed by atoms with Gasteiger partial charge in [-0.15, -0.1) is 0 Å². The minimum atomic E-state index is -4.72. The number of esters is 1. The fourth-order valence-electron chi connectivity index (χ4n) is 7.76. The quantitative estimate of drug-likeness (QED) is 0.0212. The van der Waals surface area contributed by atoms with Crippen molar-refractivity contribution in [2.24, 2.45) is 0 Å². The molecule has 0 saturated heterocycles. The van der Waals surface area contributed by atoms with Crippen molar-refractivity contribution in [2.75, 3.05) is 40.9 Å². The van der Waals surface area contributed by atoms with Crippen LogP contribution in [0.2, 0.25) is 0 Å². The molecule has 0 bridgehead atoms. The topological polar surface area (TPSA) is 114 Å². The molecule has 10 heteroatoms. The van der Waals surface area contributed by atoms with Gasteiger partial charge in [-0.25, -0.2) is 0 Å². The Balaban J connectivity index is 5.41. The minimum Gasteiger partial charge on any atom is -0.756 e. The van der Waals surface area contributed by atoms with E-state index >= 15 is 0 Å². The maximum Gasteiger partial charge on any atom is 0.306 e. The molecule has 0 aromatic rings. The van der Waals surface area contributed by atoms with Crippen molar-refractivity contribution in [1.29, 1.82) is 0 Å². The molecular formula is C65H111N2O7P. The highest BCUT2D eigenvalue weighted by Gasteiger charge is 2.27. The van der Waals surface area contributed by atoms with Gasteiger partial charge < -0.3 is 28.5 Å². The largest absolute Gasteiger partial charge is 0.756 e. The number of unbranched alkanes of at least 4 members (excludes halogenated alkanes) is 18. The average molecular weight is 1060 g/mol. The molecule has 0 aliphatic rings. The molecule has 3 atom stereocenters. The maximum absolute atomic E-state index is 13.5. The van der Waals surface area contributed by atoms with Crippen LogP contribution in [-0.2, 0) is 27.9 Å². The first kappa shape index (κ1) is 71.4. The lowest BCUT2D eigenvalue weighted by Gasteiger charge is -2.30. The van der Waals surface area contributed by atoms with Gasteiger partial charge in [-0.2, -0.15) is 0 Å². The minimum absolute atomic E-state index is 0.0413. The number of ether oxygens (including phenoxy) is 1. The number of nitrogens with one attached hydrogen (secondary N) is 1. The van der Waals surface area contributed by atoms with E-state index in [-0.39, 0.29) is 31.3 Å². The van der Waals surface area contributed by atoms with Gasteiger partial charge in [-0.05, 0) is 122 Å². The summed E-state index contributed by atoms with van der Waals surface area (Å²) in [6.07, 6.45) is 74.5. The molecule has 1 amide bonds. The zero-order valence-electron chi connectivity index (χ0n) is 48.7. The Labute approximate surface area is 461 Å². The molecular weight excluding hydrogens is 952 g/mol. The van der Waals surface area contributed by atoms with Crippen LogP contribution in [0.4, 0.5) is 0 Å². The summed E-state index contributed by atoms with van der Waals surface area (Å²) in [6.45, 7) is 6.62. The molecule has 0 heterocycles. The third-order valence-corrected chi connectivity index (χ3v) is 13.3. The second-order valence-corrected chi connectivity index (χ2v) is 22.2. The zero-order valence-corrected chi connectivity index (χ0v) is 49.6. The maximum atomic E-state index is 13.5. The Morgan fingerprint density at radius 2 is 0.853 bits per heavy atom. The Hall–Kier alpha value is -3.59. The molecule has 9 nitrogen and oxygen atoms in total. The molecule has 0 aromatic carbocycles. The van der Waals surface area contributed by atoms with Crippen LogP contribution in [0, 0.1) is 0 Å². The molecule has 0 rings (SSSR count). The summed E-state index contributed by atoms with van der Waals surface area (Å²) >= 11 is 0. The molecule has 0 aliphatic heterocycles. The first-order valence-electron chi connectivity index (χ1n) is 29.8. The van der Waals surface area contributed by atoms with Gasteiger partial charge in [0.25, 0.3) is 7.82 Å². The van der Waals surface area contributed by atoms with Gasteiger partial charge in [0.1, 0.15) is 19.3 Å². The van der Waals surface area contributed by atoms with Crippen LogP contribution in [-0.4, -0.2) is 69.4 Å². The highest BCUT2D eigenvalue weighted by atomic mass is 31.2. The van der Waals surface area contributed by atoms with Gasteiger partial charge in [0, 0.05) is 12.8 Å². The third-order valence-electron chi connectivity index (χ3n) is 12.4. The number of nitrogens with zero attached hydrogens (tertiary/aromatic N) is 1. The van der Waals surface area contributed by atoms with Crippen molar-refractivity contribution < 1.29 is 37.3 Å². The number of likely N-dealkylation sites (N-methyl/N-ethyl adjacent to an activating group) is 1. The highest BCUT2D eigenvalue weighted by molar-refractivity contribution is 7.45. The summed E-state index contributed by atoms with van der Waals surface area (Å²) in [5.74, 6) is -0.625. The lowest BCUT2D eigenvalue weighted by atomic mass is 10.1. The van der Waals surface area contributed by atoms with Crippen molar-refractivity contribution in [3.05, 3.63) is 122 Å². The smallest absolute Gasteiger partial charge is 0.306 e. The fraction of sp³-hybridized carbons (Fsp3) is 0.662. The summed E-state index contributed by atoms with van der Waals surface area (Å²) in [6, 6.07) is -0.927. The van der Waals surface area contributed by atoms with Gasteiger partial charge >= 0.3 is 5.97 Å². The first-order valence-corrected chi connectivity index (χ1v) is 31.3. The van der Waals surface area contributed by atoms with Gasteiger partial charge in [0.15, 0.2) is 0 Å². The van der Waals surface area contributed by atoms with E-state index in [0.717, 1.165) is 109 Å². The summed E-state index contributed by atoms with van der Waals surface area (Å²) in [7, 11) is 1.12. The van der Waals surface area contributed by atoms with E-state index in [1.54, 1.807) is 6.08 Å². The first-order chi connectivity index (χ1) is 36.4. The number of amides is 1. The number of allylic oxidation sites excluding steroid dienone is 19. The predicted octanol–water partition coefficient (Wildman–Crippen LogP) is 17.7. The van der Waals surface area contributed by atoms with Gasteiger partial charge in [0.2, 0.25) is 5.91 Å². The normalized spacial score (nSPS) is 14.6. The van der Waals surface area contributed by atoms with Gasteiger partial charge in [-0.1, -0.05) is 213 Å². The van der Waals surface area contributed by atoms with E-state index in [0.29, 0.717) is 23.9 Å². The number of phosphoric ester groups is 1. The Morgan fingerprint density at radius 1 is 0.480 bits per heavy atom. The van der Waals surface area contributed by atoms with Crippen molar-refractivity contribution in [3.8, 4) is 0 Å². The molecule has 0 aromatic heterocycles. The van der Waals surface area contributed by atoms with Crippen molar-refractivity contribution in [3.63, 3.8) is 0 Å². The number of carbonyl (C=O) groups is 2. The van der Waals surface area contributed by atoms with Crippen molar-refractivity contribution >= 4 is 19.7 Å². The van der Waals surface area contributed by atoms with Crippen LogP contribution >= 0.6 is 7.82 Å². The zero-order chi connectivity index (χ0) is 55.0. The molecule has 3 unspecified atom stereocenters. The number of hydrogen-bond donors (Lipinski definition) is 1. The summed E-state index contributed by atoms with van der Waals surface area (Å²) in [4.78, 5) is 39.9. The van der Waals surface area contributed by atoms with E-state index in [4.69, 9.17) is 13.8 Å². The van der Waals surface area contributed by atoms with E-state index in [1.165, 1.54) is 70.6 Å². The van der Waals surface area contributed by atoms with Crippen LogP contribution in [0.3, 0.4) is 0 Å². The second kappa shape index (κ2) is 53.8. The van der Waals surface area contributed by atoms with Gasteiger partial charge in [0.05, 0.1) is 33.8 Å². The predicted molar refractivity (Wildman–Crippen MR) is 320 cm³/mol. The molecule has 0 fully saturated rings. The number of hydrogen-bond acceptors (Lipinski definition) is 7. The molecule has 1 N–H and O–H groups in total. The molecule has 0 aliphatic carbocycles. The number of rotatable bonds is 52. The molecule has 0 spiro atoms. The van der Waals surface area contributed by atoms with E-state index in [9.17, 15) is 19.0 Å². The van der Waals surface area contributed by atoms with Crippen LogP contribution < -0.4 is 10.2 Å². The Bertz CT molecular complexity index is 1700. The molecule has 0 saturated carbocycles. The Kier molecular flexibility index (Phi) is 51.2. The van der Waals surface area contributed by atoms with Crippen molar-refractivity contribution in [2.45, 2.75) is 238 Å². The summed E-state index contributed by atoms with van der Waals surface area (Å²) < 4.78 is 30.2. The van der Waals surface area contributed by atoms with Crippen LogP contribution in [0.1, 0.15) is 226 Å². The highest BCUT2D eigenvalue weighted by Crippen LogP contribution is 2.38. The van der Waals surface area contributed by atoms with E-state index in [1.807, 2.05) is 27.2 Å². The lowest BCUT2D eigenvalue weighted by Crippen LogP contribution is -2.47. The summed E-state index contributed by atoms with van der Waals surface area (Å²) in [5, 5.41) is 2.99. The van der Waals surface area contributed by atoms with Crippen molar-refractivity contribution in [1.82, 2.24) is 5.32 Å². The number of carbonyl (C=O) groups excluding carboxylic acids is 2. The Morgan fingerprint density at radius 3 is 1.31 bits per heavy atom. The van der Waals surface area contributed by atoms with Crippen LogP contribution in [0.25, 0.3) is 0 Å². The van der Waals surface area contributed by atoms with E-state index < -0.39 is 26.6 Å². The average Bonchev–Trinajstić information content (AvgIpc) is 3.37. The van der Waals surface area contributed by atoms with Crippen LogP contribution in [0.5, 0.6) is 0 Å². The monoisotopic (exact) mass is 1060 g/mol. The third kappa shape index (κ3) is 55.0. The van der Waals surface area contributed by atoms with Crippen LogP contribution in [0.15, 0.2) is 122 Å². The molecule has 428 valence electrons. The fourth-order valence-corrected chi connectivity index (χ4v) is 8.49. The summed E-state index contributed by atoms with van der Waals surface area (Å²) in [5.41, 5.74) is 0. The standard InChI is InChI=1S/C65H111N2O7P/c1-7-10-13-16-19-22-25-27-29-31-33-35-37-39-42-45-48-51-54-57-64(68)66-62(61-73-75(70,71)72-60-59-67(4,5)6)63(56-53-50-47-44-41-24-21-18-15-12-9-3)74-65(69)58-55-52-49-46-43-40-38-36-34-32-30-28-26-23-20-17-14-11-8-2/h10,13,19-20,22-23,27-30,33-36,39-40,42-43,53,56,62-63H,7-9,11-12,14-18,21,24-26,31-32,37-38,41,44-52,54-55,57-61H2,1-6H3,(H-,66,68,70,71)/b13-10-,22-19-,23-20-,29-27-,30-28-,35-33-,36-34-,42-39-,43-40-,56-53+.